The summed E-state index contributed by atoms with van der Waals surface area (Å²) in [6.07, 6.45) is 5.94. The zero-order valence-corrected chi connectivity index (χ0v) is 16.2. The van der Waals surface area contributed by atoms with Crippen LogP contribution in [0.3, 0.4) is 0 Å². The topological polar surface area (TPSA) is 21.6 Å². The first kappa shape index (κ1) is 19.3. The molecule has 0 unspecified atom stereocenters. The zero-order chi connectivity index (χ0) is 17.6. The van der Waals surface area contributed by atoms with Crippen molar-refractivity contribution >= 4 is 17.7 Å². The molecule has 2 rings (SSSR count). The van der Waals surface area contributed by atoms with E-state index in [9.17, 15) is 4.39 Å². The van der Waals surface area contributed by atoms with Gasteiger partial charge in [-0.15, -0.1) is 0 Å². The molecule has 1 fully saturated rings. The second kappa shape index (κ2) is 8.89. The summed E-state index contributed by atoms with van der Waals surface area (Å²) in [6.45, 7) is 9.20. The third-order valence-electron chi connectivity index (χ3n) is 4.14. The van der Waals surface area contributed by atoms with Crippen LogP contribution in [0, 0.1) is 17.2 Å². The smallest absolute Gasteiger partial charge is 0.165 e. The number of benzene rings is 1. The number of hydrogen-bond acceptors (Lipinski definition) is 3. The molecule has 1 aliphatic rings. The molecule has 0 radical (unpaired) electrons. The van der Waals surface area contributed by atoms with Gasteiger partial charge in [0.05, 0.1) is 12.3 Å². The molecule has 0 heterocycles. The summed E-state index contributed by atoms with van der Waals surface area (Å²) in [4.78, 5) is 0. The highest BCUT2D eigenvalue weighted by Crippen LogP contribution is 2.33. The highest BCUT2D eigenvalue weighted by atomic mass is 32.2. The SMILES string of the molecule is CCCCSN=C(c1ccc(F)c(OCCC2CC2)c1)C(C)(C)C. The molecule has 1 aliphatic carbocycles. The van der Waals surface area contributed by atoms with Crippen molar-refractivity contribution in [1.82, 2.24) is 0 Å². The molecule has 1 aromatic carbocycles. The molecule has 0 N–H and O–H groups in total. The van der Waals surface area contributed by atoms with Gasteiger partial charge in [-0.05, 0) is 48.9 Å². The molecule has 0 bridgehead atoms. The van der Waals surface area contributed by atoms with Crippen molar-refractivity contribution in [2.75, 3.05) is 12.4 Å². The highest BCUT2D eigenvalue weighted by Gasteiger charge is 2.23. The fraction of sp³-hybridized carbons (Fsp3) is 0.650. The number of nitrogens with zero attached hydrogens (tertiary/aromatic N) is 1. The molecule has 4 heteroatoms. The molecule has 24 heavy (non-hydrogen) atoms. The van der Waals surface area contributed by atoms with Crippen molar-refractivity contribution in [3.63, 3.8) is 0 Å². The number of ether oxygens (including phenoxy) is 1. The maximum absolute atomic E-state index is 14.1. The summed E-state index contributed by atoms with van der Waals surface area (Å²) >= 11 is 1.60. The van der Waals surface area contributed by atoms with E-state index in [1.54, 1.807) is 11.9 Å². The van der Waals surface area contributed by atoms with Crippen LogP contribution in [-0.2, 0) is 0 Å². The van der Waals surface area contributed by atoms with Crippen LogP contribution in [0.25, 0.3) is 0 Å². The third kappa shape index (κ3) is 6.12. The average molecular weight is 352 g/mol. The van der Waals surface area contributed by atoms with Gasteiger partial charge in [-0.1, -0.05) is 47.0 Å². The van der Waals surface area contributed by atoms with Crippen LogP contribution in [-0.4, -0.2) is 18.1 Å². The van der Waals surface area contributed by atoms with Crippen LogP contribution < -0.4 is 4.74 Å². The normalized spacial score (nSPS) is 15.6. The van der Waals surface area contributed by atoms with Gasteiger partial charge >= 0.3 is 0 Å². The van der Waals surface area contributed by atoms with Crippen molar-refractivity contribution < 1.29 is 9.13 Å². The van der Waals surface area contributed by atoms with Gasteiger partial charge in [0.15, 0.2) is 11.6 Å². The standard InChI is InChI=1S/C20H30FNOS/c1-5-6-13-24-22-19(20(2,3)4)16-9-10-17(21)18(14-16)23-12-11-15-7-8-15/h9-10,14-15H,5-8,11-13H2,1-4H3. The minimum atomic E-state index is -0.290. The Morgan fingerprint density at radius 3 is 2.71 bits per heavy atom. The molecule has 0 spiro atoms. The molecule has 0 amide bonds. The Kier molecular flexibility index (Phi) is 7.15. The Labute approximate surface area is 150 Å². The van der Waals surface area contributed by atoms with Crippen molar-refractivity contribution in [3.8, 4) is 5.75 Å². The Morgan fingerprint density at radius 2 is 2.08 bits per heavy atom. The first-order valence-corrected chi connectivity index (χ1v) is 9.99. The van der Waals surface area contributed by atoms with Gasteiger partial charge in [-0.2, -0.15) is 0 Å². The molecule has 0 aliphatic heterocycles. The molecule has 1 aromatic rings. The van der Waals surface area contributed by atoms with Gasteiger partial charge in [0.2, 0.25) is 0 Å². The monoisotopic (exact) mass is 351 g/mol. The number of hydrogen-bond donors (Lipinski definition) is 0. The Balaban J connectivity index is 2.12. The number of unbranched alkanes of at least 4 members (excludes halogenated alkanes) is 1. The predicted molar refractivity (Wildman–Crippen MR) is 103 cm³/mol. The first-order chi connectivity index (χ1) is 11.4. The van der Waals surface area contributed by atoms with E-state index < -0.39 is 0 Å². The van der Waals surface area contributed by atoms with E-state index in [2.05, 4.69) is 27.7 Å². The van der Waals surface area contributed by atoms with E-state index in [4.69, 9.17) is 9.13 Å². The van der Waals surface area contributed by atoms with E-state index in [0.717, 1.165) is 35.8 Å². The minimum Gasteiger partial charge on any atom is -0.490 e. The van der Waals surface area contributed by atoms with Crippen LogP contribution in [0.4, 0.5) is 4.39 Å². The quantitative estimate of drug-likeness (QED) is 0.296. The summed E-state index contributed by atoms with van der Waals surface area (Å²) in [5.41, 5.74) is 1.85. The number of halogens is 1. The Hall–Kier alpha value is -1.03. The molecular formula is C20H30FNOS. The zero-order valence-electron chi connectivity index (χ0n) is 15.4. The average Bonchev–Trinajstić information content (AvgIpc) is 3.32. The van der Waals surface area contributed by atoms with Crippen molar-refractivity contribution in [2.24, 2.45) is 15.7 Å². The van der Waals surface area contributed by atoms with Crippen LogP contribution in [0.2, 0.25) is 0 Å². The molecule has 1 saturated carbocycles. The second-order valence-corrected chi connectivity index (χ2v) is 8.45. The minimum absolute atomic E-state index is 0.0949. The van der Waals surface area contributed by atoms with E-state index >= 15 is 0 Å². The maximum atomic E-state index is 14.1. The van der Waals surface area contributed by atoms with Crippen LogP contribution in [0.5, 0.6) is 5.75 Å². The van der Waals surface area contributed by atoms with E-state index in [-0.39, 0.29) is 11.2 Å². The van der Waals surface area contributed by atoms with Gasteiger partial charge in [0, 0.05) is 16.7 Å². The van der Waals surface area contributed by atoms with Gasteiger partial charge in [0.25, 0.3) is 0 Å². The van der Waals surface area contributed by atoms with Gasteiger partial charge in [0.1, 0.15) is 0 Å². The lowest BCUT2D eigenvalue weighted by atomic mass is 9.85. The molecular weight excluding hydrogens is 321 g/mol. The third-order valence-corrected chi connectivity index (χ3v) is 4.92. The van der Waals surface area contributed by atoms with Crippen LogP contribution in [0.1, 0.15) is 65.4 Å². The second-order valence-electron chi connectivity index (χ2n) is 7.60. The first-order valence-electron chi connectivity index (χ1n) is 9.05. The van der Waals surface area contributed by atoms with Crippen LogP contribution in [0.15, 0.2) is 22.6 Å². The molecule has 134 valence electrons. The fourth-order valence-electron chi connectivity index (χ4n) is 2.45. The lowest BCUT2D eigenvalue weighted by molar-refractivity contribution is 0.288. The molecule has 0 saturated heterocycles. The maximum Gasteiger partial charge on any atom is 0.165 e. The Bertz CT molecular complexity index is 561. The molecule has 2 nitrogen and oxygen atoms in total. The van der Waals surface area contributed by atoms with Crippen LogP contribution >= 0.6 is 11.9 Å². The van der Waals surface area contributed by atoms with E-state index in [1.165, 1.54) is 25.3 Å². The van der Waals surface area contributed by atoms with Gasteiger partial charge < -0.3 is 4.74 Å². The van der Waals surface area contributed by atoms with Crippen molar-refractivity contribution in [3.05, 3.63) is 29.6 Å². The van der Waals surface area contributed by atoms with E-state index in [1.807, 2.05) is 12.1 Å². The summed E-state index contributed by atoms with van der Waals surface area (Å²) in [7, 11) is 0. The number of rotatable bonds is 9. The lowest BCUT2D eigenvalue weighted by Gasteiger charge is -2.22. The predicted octanol–water partition coefficient (Wildman–Crippen LogP) is 6.29. The highest BCUT2D eigenvalue weighted by molar-refractivity contribution is 7.98. The summed E-state index contributed by atoms with van der Waals surface area (Å²) < 4.78 is 24.5. The largest absolute Gasteiger partial charge is 0.490 e. The molecule has 0 atom stereocenters. The lowest BCUT2D eigenvalue weighted by Crippen LogP contribution is -2.21. The summed E-state index contributed by atoms with van der Waals surface area (Å²) in [5, 5.41) is 0. The van der Waals surface area contributed by atoms with E-state index in [0.29, 0.717) is 12.4 Å². The van der Waals surface area contributed by atoms with Crippen molar-refractivity contribution in [2.45, 2.75) is 59.8 Å². The van der Waals surface area contributed by atoms with Crippen molar-refractivity contribution in [1.29, 1.82) is 0 Å². The van der Waals surface area contributed by atoms with Gasteiger partial charge in [-0.3, -0.25) is 0 Å². The Morgan fingerprint density at radius 1 is 1.33 bits per heavy atom. The summed E-state index contributed by atoms with van der Waals surface area (Å²) in [6, 6.07) is 5.13. The molecule has 0 aromatic heterocycles. The van der Waals surface area contributed by atoms with Gasteiger partial charge in [-0.25, -0.2) is 8.79 Å². The summed E-state index contributed by atoms with van der Waals surface area (Å²) in [5.74, 6) is 1.87. The fourth-order valence-corrected chi connectivity index (χ4v) is 3.46.